The van der Waals surface area contributed by atoms with Gasteiger partial charge in [0, 0.05) is 16.1 Å². The maximum atomic E-state index is 11.0. The first kappa shape index (κ1) is 12.0. The number of benzene rings is 1. The van der Waals surface area contributed by atoms with E-state index < -0.39 is 6.10 Å². The van der Waals surface area contributed by atoms with E-state index in [-0.39, 0.29) is 19.0 Å². The molecule has 5 heteroatoms. The first-order valence-corrected chi connectivity index (χ1v) is 6.15. The van der Waals surface area contributed by atoms with Gasteiger partial charge < -0.3 is 16.2 Å². The second kappa shape index (κ2) is 5.27. The molecule has 0 fully saturated rings. The van der Waals surface area contributed by atoms with Gasteiger partial charge in [-0.1, -0.05) is 18.2 Å². The zero-order chi connectivity index (χ0) is 12.3. The van der Waals surface area contributed by atoms with Crippen LogP contribution in [0, 0.1) is 0 Å². The fourth-order valence-electron chi connectivity index (χ4n) is 1.55. The van der Waals surface area contributed by atoms with Crippen LogP contribution in [-0.4, -0.2) is 24.1 Å². The van der Waals surface area contributed by atoms with E-state index >= 15 is 0 Å². The molecule has 1 aromatic heterocycles. The molecule has 1 unspecified atom stereocenters. The Balaban J connectivity index is 2.08. The number of thiophene rings is 1. The van der Waals surface area contributed by atoms with Gasteiger partial charge in [0.05, 0.1) is 6.54 Å². The molecule has 4 N–H and O–H groups in total. The molecule has 2 rings (SSSR count). The summed E-state index contributed by atoms with van der Waals surface area (Å²) in [5.41, 5.74) is 5.17. The number of carbonyl (C=O) groups excluding carboxylic acids is 1. The van der Waals surface area contributed by atoms with E-state index in [1.807, 2.05) is 30.3 Å². The molecule has 90 valence electrons. The third-order valence-corrected chi connectivity index (χ3v) is 3.67. The third kappa shape index (κ3) is 2.82. The summed E-state index contributed by atoms with van der Waals surface area (Å²) in [7, 11) is 0. The van der Waals surface area contributed by atoms with Crippen molar-refractivity contribution in [1.29, 1.82) is 0 Å². The Kier molecular flexibility index (Phi) is 3.73. The summed E-state index contributed by atoms with van der Waals surface area (Å²) in [6, 6.07) is 9.88. The van der Waals surface area contributed by atoms with Crippen molar-refractivity contribution in [3.8, 4) is 0 Å². The van der Waals surface area contributed by atoms with Gasteiger partial charge in [-0.05, 0) is 17.5 Å². The first-order chi connectivity index (χ1) is 8.20. The normalized spacial score (nSPS) is 12.6. The van der Waals surface area contributed by atoms with Gasteiger partial charge in [0.1, 0.15) is 6.10 Å². The molecule has 1 heterocycles. The summed E-state index contributed by atoms with van der Waals surface area (Å²) in [5.74, 6) is -0.259. The molecule has 0 spiro atoms. The van der Waals surface area contributed by atoms with Crippen molar-refractivity contribution in [2.75, 3.05) is 13.1 Å². The summed E-state index contributed by atoms with van der Waals surface area (Å²) in [6.07, 6.45) is -0.678. The Labute approximate surface area is 103 Å². The topological polar surface area (TPSA) is 75.4 Å². The second-order valence-electron chi connectivity index (χ2n) is 3.71. The number of hydrogen-bond donors (Lipinski definition) is 3. The molecule has 0 aliphatic carbocycles. The molecular weight excluding hydrogens is 236 g/mol. The molecule has 0 aliphatic rings. The van der Waals surface area contributed by atoms with Crippen LogP contribution in [0.1, 0.15) is 11.0 Å². The van der Waals surface area contributed by atoms with E-state index in [4.69, 9.17) is 5.73 Å². The highest BCUT2D eigenvalue weighted by atomic mass is 32.1. The Hall–Kier alpha value is -1.43. The number of rotatable bonds is 4. The average Bonchev–Trinajstić information content (AvgIpc) is 2.79. The van der Waals surface area contributed by atoms with Crippen molar-refractivity contribution in [2.45, 2.75) is 6.10 Å². The molecule has 1 atom stereocenters. The Bertz CT molecular complexity index is 491. The van der Waals surface area contributed by atoms with Crippen LogP contribution in [-0.2, 0) is 4.79 Å². The van der Waals surface area contributed by atoms with Gasteiger partial charge in [-0.25, -0.2) is 0 Å². The molecule has 1 amide bonds. The van der Waals surface area contributed by atoms with Gasteiger partial charge in [0.15, 0.2) is 0 Å². The third-order valence-electron chi connectivity index (χ3n) is 2.45. The maximum Gasteiger partial charge on any atom is 0.233 e. The molecule has 0 radical (unpaired) electrons. The molecule has 0 bridgehead atoms. The minimum absolute atomic E-state index is 0.0564. The monoisotopic (exact) mass is 250 g/mol. The largest absolute Gasteiger partial charge is 0.386 e. The number of hydrogen-bond acceptors (Lipinski definition) is 4. The second-order valence-corrected chi connectivity index (χ2v) is 4.83. The van der Waals surface area contributed by atoms with Crippen LogP contribution < -0.4 is 11.1 Å². The minimum Gasteiger partial charge on any atom is -0.386 e. The van der Waals surface area contributed by atoms with E-state index in [9.17, 15) is 9.90 Å². The van der Waals surface area contributed by atoms with Gasteiger partial charge in [0.2, 0.25) is 5.91 Å². The molecule has 0 aliphatic heterocycles. The fourth-order valence-corrected chi connectivity index (χ4v) is 2.60. The van der Waals surface area contributed by atoms with E-state index in [2.05, 4.69) is 5.32 Å². The van der Waals surface area contributed by atoms with Gasteiger partial charge >= 0.3 is 0 Å². The number of nitrogens with one attached hydrogen (secondary N) is 1. The smallest absolute Gasteiger partial charge is 0.233 e. The van der Waals surface area contributed by atoms with Gasteiger partial charge in [-0.15, -0.1) is 11.3 Å². The zero-order valence-corrected chi connectivity index (χ0v) is 10.0. The predicted molar refractivity (Wildman–Crippen MR) is 68.8 cm³/mol. The van der Waals surface area contributed by atoms with Crippen LogP contribution in [0.4, 0.5) is 0 Å². The van der Waals surface area contributed by atoms with E-state index in [0.717, 1.165) is 15.0 Å². The van der Waals surface area contributed by atoms with E-state index in [0.29, 0.717) is 0 Å². The lowest BCUT2D eigenvalue weighted by Crippen LogP contribution is -2.33. The summed E-state index contributed by atoms with van der Waals surface area (Å²) < 4.78 is 1.13. The summed E-state index contributed by atoms with van der Waals surface area (Å²) in [6.45, 7) is 0.141. The standard InChI is InChI=1S/C12H14N2O2S/c13-6-12(16)14-7-9(15)11-5-8-3-1-2-4-10(8)17-11/h1-5,9,15H,6-7,13H2,(H,14,16). The minimum atomic E-state index is -0.678. The molecule has 1 aromatic carbocycles. The van der Waals surface area contributed by atoms with Crippen LogP contribution in [0.5, 0.6) is 0 Å². The van der Waals surface area contributed by atoms with Crippen LogP contribution in [0.3, 0.4) is 0 Å². The number of amides is 1. The zero-order valence-electron chi connectivity index (χ0n) is 9.22. The van der Waals surface area contributed by atoms with Crippen molar-refractivity contribution in [2.24, 2.45) is 5.73 Å². The highest BCUT2D eigenvalue weighted by Gasteiger charge is 2.11. The maximum absolute atomic E-state index is 11.0. The summed E-state index contributed by atoms with van der Waals surface area (Å²) in [5, 5.41) is 13.6. The molecular formula is C12H14N2O2S. The van der Waals surface area contributed by atoms with Crippen molar-refractivity contribution in [1.82, 2.24) is 5.32 Å². The molecule has 0 saturated carbocycles. The number of nitrogens with two attached hydrogens (primary N) is 1. The van der Waals surface area contributed by atoms with Crippen molar-refractivity contribution in [3.05, 3.63) is 35.2 Å². The summed E-state index contributed by atoms with van der Waals surface area (Å²) in [4.78, 5) is 11.8. The quantitative estimate of drug-likeness (QED) is 0.758. The lowest BCUT2D eigenvalue weighted by atomic mass is 10.2. The Morgan fingerprint density at radius 2 is 2.24 bits per heavy atom. The van der Waals surface area contributed by atoms with Gasteiger partial charge in [0.25, 0.3) is 0 Å². The van der Waals surface area contributed by atoms with Crippen molar-refractivity contribution in [3.63, 3.8) is 0 Å². The summed E-state index contributed by atoms with van der Waals surface area (Å²) >= 11 is 1.53. The van der Waals surface area contributed by atoms with Crippen LogP contribution in [0.25, 0.3) is 10.1 Å². The van der Waals surface area contributed by atoms with E-state index in [1.54, 1.807) is 0 Å². The first-order valence-electron chi connectivity index (χ1n) is 5.34. The number of carbonyl (C=O) groups is 1. The predicted octanol–water partition coefficient (Wildman–Crippen LogP) is 1.01. The van der Waals surface area contributed by atoms with Crippen molar-refractivity contribution < 1.29 is 9.90 Å². The van der Waals surface area contributed by atoms with Gasteiger partial charge in [-0.2, -0.15) is 0 Å². The highest BCUT2D eigenvalue weighted by Crippen LogP contribution is 2.29. The molecule has 4 nitrogen and oxygen atoms in total. The average molecular weight is 250 g/mol. The fraction of sp³-hybridized carbons (Fsp3) is 0.250. The lowest BCUT2D eigenvalue weighted by Gasteiger charge is -2.08. The number of aliphatic hydroxyl groups excluding tert-OH is 1. The van der Waals surface area contributed by atoms with E-state index in [1.165, 1.54) is 11.3 Å². The number of aliphatic hydroxyl groups is 1. The van der Waals surface area contributed by atoms with Gasteiger partial charge in [-0.3, -0.25) is 4.79 Å². The Morgan fingerprint density at radius 3 is 2.94 bits per heavy atom. The molecule has 17 heavy (non-hydrogen) atoms. The molecule has 2 aromatic rings. The molecule has 0 saturated heterocycles. The van der Waals surface area contributed by atoms with Crippen LogP contribution >= 0.6 is 11.3 Å². The Morgan fingerprint density at radius 1 is 1.47 bits per heavy atom. The SMILES string of the molecule is NCC(=O)NCC(O)c1cc2ccccc2s1. The number of fused-ring (bicyclic) bond motifs is 1. The lowest BCUT2D eigenvalue weighted by molar-refractivity contribution is -0.120. The van der Waals surface area contributed by atoms with Crippen LogP contribution in [0.2, 0.25) is 0 Å². The van der Waals surface area contributed by atoms with Crippen LogP contribution in [0.15, 0.2) is 30.3 Å². The van der Waals surface area contributed by atoms with Crippen molar-refractivity contribution >= 4 is 27.3 Å². The highest BCUT2D eigenvalue weighted by molar-refractivity contribution is 7.19.